The molecule has 1 fully saturated rings. The zero-order chi connectivity index (χ0) is 17.2. The fourth-order valence-electron chi connectivity index (χ4n) is 2.83. The van der Waals surface area contributed by atoms with Crippen molar-refractivity contribution in [2.45, 2.75) is 25.7 Å². The van der Waals surface area contributed by atoms with E-state index in [1.807, 2.05) is 26.2 Å². The Morgan fingerprint density at radius 2 is 2.00 bits per heavy atom. The van der Waals surface area contributed by atoms with E-state index in [1.165, 1.54) is 12.0 Å². The predicted molar refractivity (Wildman–Crippen MR) is 112 cm³/mol. The molecule has 7 heteroatoms. The van der Waals surface area contributed by atoms with Gasteiger partial charge in [-0.1, -0.05) is 12.1 Å². The third-order valence-corrected chi connectivity index (χ3v) is 4.41. The van der Waals surface area contributed by atoms with E-state index in [1.54, 1.807) is 0 Å². The number of hydrogen-bond donors (Lipinski definition) is 2. The highest BCUT2D eigenvalue weighted by molar-refractivity contribution is 5.85. The number of carbonyl (C=O) groups is 1. The number of nitrogens with zero attached hydrogens (tertiary/aromatic N) is 1. The van der Waals surface area contributed by atoms with Crippen LogP contribution in [0.4, 0.5) is 0 Å². The van der Waals surface area contributed by atoms with E-state index >= 15 is 0 Å². The lowest BCUT2D eigenvalue weighted by molar-refractivity contribution is -0.121. The lowest BCUT2D eigenvalue weighted by atomic mass is 10.0. The van der Waals surface area contributed by atoms with E-state index in [0.29, 0.717) is 25.5 Å². The highest BCUT2D eigenvalue weighted by atomic mass is 35.5. The average Bonchev–Trinajstić information content (AvgIpc) is 3.07. The minimum absolute atomic E-state index is 0. The molecule has 0 aromatic heterocycles. The Bertz CT molecular complexity index is 492. The Hall–Kier alpha value is -1.01. The number of ether oxygens (including phenoxy) is 1. The molecule has 1 heterocycles. The molecule has 0 bridgehead atoms. The zero-order valence-corrected chi connectivity index (χ0v) is 17.5. The lowest BCUT2D eigenvalue weighted by Crippen LogP contribution is -2.26. The molecule has 2 N–H and O–H groups in total. The van der Waals surface area contributed by atoms with Crippen LogP contribution in [0, 0.1) is 5.92 Å². The first kappa shape index (κ1) is 25.0. The largest absolute Gasteiger partial charge is 0.492 e. The summed E-state index contributed by atoms with van der Waals surface area (Å²) in [7, 11) is 4.07. The first-order valence-corrected chi connectivity index (χ1v) is 8.97. The fourth-order valence-corrected chi connectivity index (χ4v) is 2.83. The van der Waals surface area contributed by atoms with Crippen LogP contribution in [-0.4, -0.2) is 57.7 Å². The number of benzene rings is 1. The van der Waals surface area contributed by atoms with Gasteiger partial charge in [-0.2, -0.15) is 0 Å². The Morgan fingerprint density at radius 1 is 1.27 bits per heavy atom. The normalized spacial score (nSPS) is 15.9. The number of nitrogens with one attached hydrogen (secondary N) is 2. The van der Waals surface area contributed by atoms with E-state index in [2.05, 4.69) is 27.7 Å². The van der Waals surface area contributed by atoms with Gasteiger partial charge in [0.1, 0.15) is 12.4 Å². The summed E-state index contributed by atoms with van der Waals surface area (Å²) < 4.78 is 5.68. The van der Waals surface area contributed by atoms with Crippen LogP contribution in [-0.2, 0) is 11.2 Å². The molecular formula is C19H33Cl2N3O2. The van der Waals surface area contributed by atoms with Crippen molar-refractivity contribution in [3.05, 3.63) is 29.8 Å². The summed E-state index contributed by atoms with van der Waals surface area (Å²) >= 11 is 0. The van der Waals surface area contributed by atoms with Gasteiger partial charge in [-0.05, 0) is 70.1 Å². The maximum Gasteiger partial charge on any atom is 0.220 e. The molecule has 0 saturated carbocycles. The summed E-state index contributed by atoms with van der Waals surface area (Å²) in [4.78, 5) is 14.0. The molecular weight excluding hydrogens is 373 g/mol. The molecule has 0 aliphatic carbocycles. The standard InChI is InChI=1S/C19H31N3O2.2ClH/c1-22(2)13-14-24-18-6-3-16(4-7-18)10-12-21-19(23)8-5-17-9-11-20-15-17;;/h3-4,6-7,17,20H,5,8-15H2,1-2H3,(H,21,23);2*1H. The second-order valence-electron chi connectivity index (χ2n) is 6.79. The van der Waals surface area contributed by atoms with Gasteiger partial charge in [0.2, 0.25) is 5.91 Å². The van der Waals surface area contributed by atoms with Gasteiger partial charge in [-0.25, -0.2) is 0 Å². The maximum absolute atomic E-state index is 11.9. The quantitative estimate of drug-likeness (QED) is 0.627. The van der Waals surface area contributed by atoms with Crippen molar-refractivity contribution in [3.8, 4) is 5.75 Å². The van der Waals surface area contributed by atoms with Gasteiger partial charge >= 0.3 is 0 Å². The van der Waals surface area contributed by atoms with Crippen molar-refractivity contribution in [1.29, 1.82) is 0 Å². The van der Waals surface area contributed by atoms with E-state index in [4.69, 9.17) is 4.74 Å². The Labute approximate surface area is 170 Å². The first-order valence-electron chi connectivity index (χ1n) is 8.97. The van der Waals surface area contributed by atoms with Crippen molar-refractivity contribution >= 4 is 30.7 Å². The van der Waals surface area contributed by atoms with E-state index in [-0.39, 0.29) is 30.7 Å². The second kappa shape index (κ2) is 14.1. The third kappa shape index (κ3) is 10.2. The van der Waals surface area contributed by atoms with Gasteiger partial charge in [0.05, 0.1) is 0 Å². The molecule has 1 atom stereocenters. The Balaban J connectivity index is 0.00000312. The summed E-state index contributed by atoms with van der Waals surface area (Å²) in [6, 6.07) is 8.14. The van der Waals surface area contributed by atoms with Gasteiger partial charge in [0, 0.05) is 19.5 Å². The second-order valence-corrected chi connectivity index (χ2v) is 6.79. The van der Waals surface area contributed by atoms with Crippen molar-refractivity contribution in [1.82, 2.24) is 15.5 Å². The van der Waals surface area contributed by atoms with Crippen LogP contribution >= 0.6 is 24.8 Å². The summed E-state index contributed by atoms with van der Waals surface area (Å²) in [5.74, 6) is 1.75. The van der Waals surface area contributed by atoms with Crippen LogP contribution in [0.1, 0.15) is 24.8 Å². The van der Waals surface area contributed by atoms with Gasteiger partial charge in [-0.15, -0.1) is 24.8 Å². The van der Waals surface area contributed by atoms with Crippen molar-refractivity contribution in [2.75, 3.05) is 46.9 Å². The van der Waals surface area contributed by atoms with Gasteiger partial charge in [0.15, 0.2) is 0 Å². The van der Waals surface area contributed by atoms with E-state index in [9.17, 15) is 4.79 Å². The van der Waals surface area contributed by atoms with Gasteiger partial charge in [-0.3, -0.25) is 4.79 Å². The molecule has 2 rings (SSSR count). The predicted octanol–water partition coefficient (Wildman–Crippen LogP) is 2.52. The molecule has 150 valence electrons. The molecule has 5 nitrogen and oxygen atoms in total. The molecule has 1 unspecified atom stereocenters. The van der Waals surface area contributed by atoms with Crippen molar-refractivity contribution in [3.63, 3.8) is 0 Å². The molecule has 1 aliphatic heterocycles. The third-order valence-electron chi connectivity index (χ3n) is 4.41. The SMILES string of the molecule is CN(C)CCOc1ccc(CCNC(=O)CCC2CCNC2)cc1.Cl.Cl. The zero-order valence-electron chi connectivity index (χ0n) is 15.8. The lowest BCUT2D eigenvalue weighted by Gasteiger charge is -2.11. The molecule has 1 aromatic rings. The molecule has 1 saturated heterocycles. The first-order chi connectivity index (χ1) is 11.6. The number of likely N-dealkylation sites (N-methyl/N-ethyl adjacent to an activating group) is 1. The summed E-state index contributed by atoms with van der Waals surface area (Å²) in [5.41, 5.74) is 1.22. The molecule has 1 aliphatic rings. The minimum atomic E-state index is 0. The van der Waals surface area contributed by atoms with Crippen molar-refractivity contribution in [2.24, 2.45) is 5.92 Å². The van der Waals surface area contributed by atoms with Crippen LogP contribution in [0.15, 0.2) is 24.3 Å². The maximum atomic E-state index is 11.9. The van der Waals surface area contributed by atoms with Crippen LogP contribution < -0.4 is 15.4 Å². The topological polar surface area (TPSA) is 53.6 Å². The number of rotatable bonds is 10. The van der Waals surface area contributed by atoms with E-state index in [0.717, 1.165) is 38.2 Å². The van der Waals surface area contributed by atoms with Crippen LogP contribution in [0.3, 0.4) is 0 Å². The number of carbonyl (C=O) groups excluding carboxylic acids is 1. The summed E-state index contributed by atoms with van der Waals surface area (Å²) in [5, 5.41) is 6.36. The fraction of sp³-hybridized carbons (Fsp3) is 0.632. The van der Waals surface area contributed by atoms with Crippen molar-refractivity contribution < 1.29 is 9.53 Å². The highest BCUT2D eigenvalue weighted by Gasteiger charge is 2.15. The summed E-state index contributed by atoms with van der Waals surface area (Å²) in [6.45, 7) is 4.46. The molecule has 0 radical (unpaired) electrons. The highest BCUT2D eigenvalue weighted by Crippen LogP contribution is 2.14. The number of hydrogen-bond acceptors (Lipinski definition) is 4. The van der Waals surface area contributed by atoms with Crippen LogP contribution in [0.25, 0.3) is 0 Å². The Morgan fingerprint density at radius 3 is 2.62 bits per heavy atom. The number of halogens is 2. The van der Waals surface area contributed by atoms with Crippen LogP contribution in [0.5, 0.6) is 5.75 Å². The smallest absolute Gasteiger partial charge is 0.220 e. The molecule has 0 spiro atoms. The number of amides is 1. The monoisotopic (exact) mass is 405 g/mol. The molecule has 1 amide bonds. The van der Waals surface area contributed by atoms with E-state index < -0.39 is 0 Å². The van der Waals surface area contributed by atoms with Crippen LogP contribution in [0.2, 0.25) is 0 Å². The minimum Gasteiger partial charge on any atom is -0.492 e. The Kier molecular flexibility index (Phi) is 13.6. The van der Waals surface area contributed by atoms with Gasteiger partial charge in [0.25, 0.3) is 0 Å². The summed E-state index contributed by atoms with van der Waals surface area (Å²) in [6.07, 6.45) is 3.70. The molecule has 26 heavy (non-hydrogen) atoms. The van der Waals surface area contributed by atoms with Gasteiger partial charge < -0.3 is 20.3 Å². The average molecular weight is 406 g/mol. The molecule has 1 aromatic carbocycles.